The molecule has 0 saturated heterocycles. The van der Waals surface area contributed by atoms with E-state index in [-0.39, 0.29) is 37.5 Å². The minimum absolute atomic E-state index is 0. The Labute approximate surface area is 452 Å². The third kappa shape index (κ3) is 9.71. The first-order chi connectivity index (χ1) is 35.0. The molecule has 0 spiro atoms. The van der Waals surface area contributed by atoms with Crippen molar-refractivity contribution in [3.63, 3.8) is 0 Å². The molecule has 1 aliphatic heterocycles. The fraction of sp³-hybridized carbons (Fsp3) is 0.231. The fourth-order valence-electron chi connectivity index (χ4n) is 10.5. The average Bonchev–Trinajstić information content (AvgIpc) is 3.99. The number of pyridine rings is 2. The van der Waals surface area contributed by atoms with Gasteiger partial charge in [0.1, 0.15) is 0 Å². The average molecular weight is 1210 g/mol. The van der Waals surface area contributed by atoms with E-state index in [1.165, 1.54) is 82.2 Å². The number of hydrogen-bond donors (Lipinski definition) is 0. The van der Waals surface area contributed by atoms with E-state index in [0.717, 1.165) is 57.9 Å². The molecule has 0 bridgehead atoms. The third-order valence-corrected chi connectivity index (χ3v) is 19.9. The molecule has 73 heavy (non-hydrogen) atoms. The van der Waals surface area contributed by atoms with Gasteiger partial charge in [-0.2, -0.15) is 18.2 Å². The maximum Gasteiger partial charge on any atom is 3.00 e. The number of rotatable bonds is 7. The van der Waals surface area contributed by atoms with Gasteiger partial charge >= 0.3 is 180 Å². The molecule has 366 valence electrons. The molecular formula is C65H60FGeIrN4S. The van der Waals surface area contributed by atoms with Crippen LogP contribution in [0.1, 0.15) is 88.8 Å². The molecule has 4 nitrogen and oxygen atoms in total. The summed E-state index contributed by atoms with van der Waals surface area (Å²) in [5.74, 6) is 5.91. The quantitative estimate of drug-likeness (QED) is 0.118. The van der Waals surface area contributed by atoms with Crippen LogP contribution in [0.25, 0.3) is 69.8 Å². The largest absolute Gasteiger partial charge is 3.00 e. The zero-order chi connectivity index (χ0) is 50.8. The van der Waals surface area contributed by atoms with E-state index in [9.17, 15) is 4.39 Å². The first-order valence-corrected chi connectivity index (χ1v) is 33.4. The molecule has 4 heterocycles. The molecule has 1 unspecified atom stereocenters. The zero-order valence-electron chi connectivity index (χ0n) is 43.8. The van der Waals surface area contributed by atoms with E-state index >= 15 is 0 Å². The van der Waals surface area contributed by atoms with E-state index in [0.29, 0.717) is 5.56 Å². The molecule has 0 fully saturated rings. The van der Waals surface area contributed by atoms with Crippen LogP contribution in [0.2, 0.25) is 17.3 Å². The van der Waals surface area contributed by atoms with Crippen LogP contribution in [-0.2, 0) is 38.4 Å². The van der Waals surface area contributed by atoms with Gasteiger partial charge in [0, 0.05) is 33.5 Å². The normalized spacial score (nSPS) is 14.7. The van der Waals surface area contributed by atoms with Crippen molar-refractivity contribution in [2.45, 2.75) is 95.0 Å². The molecule has 1 aliphatic carbocycles. The van der Waals surface area contributed by atoms with Crippen LogP contribution in [0.3, 0.4) is 0 Å². The SMILES string of the molecule is CC(C)(C)c1ccc(N2c3ccc4ccccc4c3[N-]C2c2[c-]ccc3c2sc2c4c(ncc23)CCCC4)c(-c2ccccc2)c1.[2H]C(C)(C)c1cc(-c2[c-]cc(F)c(-c3ccccc3)c2)nc[c]1[Ge]([CH3])([CH3])[CH3].[Ir+3]. The second-order valence-electron chi connectivity index (χ2n) is 21.6. The van der Waals surface area contributed by atoms with E-state index in [4.69, 9.17) is 11.7 Å². The number of thiophene rings is 1. The summed E-state index contributed by atoms with van der Waals surface area (Å²) in [7, 11) is 0. The van der Waals surface area contributed by atoms with Gasteiger partial charge in [-0.05, 0) is 88.3 Å². The molecule has 8 heteroatoms. The van der Waals surface area contributed by atoms with Gasteiger partial charge in [0.15, 0.2) is 0 Å². The smallest absolute Gasteiger partial charge is 3.00 e. The topological polar surface area (TPSA) is 43.1 Å². The van der Waals surface area contributed by atoms with Crippen LogP contribution in [-0.4, -0.2) is 23.2 Å². The summed E-state index contributed by atoms with van der Waals surface area (Å²) in [6.07, 6.45) is 8.46. The Morgan fingerprint density at radius 1 is 0.740 bits per heavy atom. The van der Waals surface area contributed by atoms with E-state index in [1.54, 1.807) is 6.07 Å². The van der Waals surface area contributed by atoms with Crippen molar-refractivity contribution in [1.82, 2.24) is 9.97 Å². The van der Waals surface area contributed by atoms with Crippen molar-refractivity contribution < 1.29 is 25.9 Å². The van der Waals surface area contributed by atoms with Gasteiger partial charge < -0.3 is 10.2 Å². The van der Waals surface area contributed by atoms with E-state index in [2.05, 4.69) is 163 Å². The molecule has 3 aromatic heterocycles. The predicted molar refractivity (Wildman–Crippen MR) is 306 cm³/mol. The van der Waals surface area contributed by atoms with E-state index in [1.807, 2.05) is 67.8 Å². The molecule has 0 N–H and O–H groups in total. The summed E-state index contributed by atoms with van der Waals surface area (Å²) in [6, 6.07) is 56.7. The van der Waals surface area contributed by atoms with Crippen molar-refractivity contribution in [1.29, 1.82) is 0 Å². The number of hydrogen-bond acceptors (Lipinski definition) is 4. The van der Waals surface area contributed by atoms with Gasteiger partial charge in [-0.3, -0.25) is 4.98 Å². The number of halogens is 1. The van der Waals surface area contributed by atoms with Crippen molar-refractivity contribution >= 4 is 77.0 Å². The number of anilines is 2. The molecule has 2 aliphatic rings. The van der Waals surface area contributed by atoms with Gasteiger partial charge in [-0.1, -0.05) is 92.2 Å². The summed E-state index contributed by atoms with van der Waals surface area (Å²) in [5.41, 5.74) is 14.8. The van der Waals surface area contributed by atoms with Gasteiger partial charge in [-0.25, -0.2) is 11.3 Å². The number of nitrogens with zero attached hydrogens (tertiary/aromatic N) is 4. The first-order valence-electron chi connectivity index (χ1n) is 25.8. The third-order valence-electron chi connectivity index (χ3n) is 14.4. The van der Waals surface area contributed by atoms with Crippen molar-refractivity contribution in [3.8, 4) is 33.5 Å². The molecule has 1 atom stereocenters. The fourth-order valence-corrected chi connectivity index (χ4v) is 15.2. The molecule has 10 aromatic rings. The van der Waals surface area contributed by atoms with Crippen molar-refractivity contribution in [2.75, 3.05) is 4.90 Å². The second-order valence-corrected chi connectivity index (χ2v) is 33.2. The summed E-state index contributed by atoms with van der Waals surface area (Å²) < 4.78 is 26.9. The maximum absolute atomic E-state index is 14.4. The van der Waals surface area contributed by atoms with Gasteiger partial charge in [0.05, 0.1) is 0 Å². The Balaban J connectivity index is 0.000000192. The Morgan fingerprint density at radius 3 is 2.16 bits per heavy atom. The minimum Gasteiger partial charge on any atom is 3.00 e. The van der Waals surface area contributed by atoms with Crippen molar-refractivity contribution in [2.24, 2.45) is 0 Å². The number of aryl methyl sites for hydroxylation is 2. The zero-order valence-corrected chi connectivity index (χ0v) is 48.1. The predicted octanol–water partition coefficient (Wildman–Crippen LogP) is 18.1. The van der Waals surface area contributed by atoms with Crippen LogP contribution >= 0.6 is 11.3 Å². The standard InChI is InChI=1S/C42H35N3S.C23H25FGeN.Ir/c1-42(2,3)28-21-23-36(33(24-28)26-12-5-4-6-13-26)45-37-22-20-27-14-7-8-15-29(27)38(37)44-41(45)32-18-11-17-30-34-25-43-35-19-10-9-16-31(35)40(34)46-39(30)32;1-16(2)19-14-23(26-15-22(19)25(3,4)5)18-11-12-21(24)20(13-18)17-9-7-6-8-10-17;/h4-8,11-15,17,20-25,41H,9-10,16,19H2,1-3H3;6-10,12-16H,1-5H3;/q-2;-1;+3/i;16D;. The van der Waals surface area contributed by atoms with Crippen LogP contribution in [0.4, 0.5) is 21.5 Å². The summed E-state index contributed by atoms with van der Waals surface area (Å²) in [4.78, 5) is 12.1. The Hall–Kier alpha value is -5.96. The number of aromatic nitrogens is 2. The summed E-state index contributed by atoms with van der Waals surface area (Å²) in [6.45, 7) is 10.7. The molecular weight excluding hydrogens is 1150 g/mol. The second kappa shape index (κ2) is 20.4. The van der Waals surface area contributed by atoms with Gasteiger partial charge in [0.2, 0.25) is 0 Å². The minimum atomic E-state index is -2.17. The Morgan fingerprint density at radius 2 is 1.44 bits per heavy atom. The van der Waals surface area contributed by atoms with Crippen LogP contribution in [0.5, 0.6) is 0 Å². The summed E-state index contributed by atoms with van der Waals surface area (Å²) >= 11 is -0.253. The monoisotopic (exact) mass is 1220 g/mol. The molecule has 0 amide bonds. The van der Waals surface area contributed by atoms with Crippen LogP contribution in [0.15, 0.2) is 158 Å². The van der Waals surface area contributed by atoms with Crippen LogP contribution < -0.4 is 9.30 Å². The Bertz CT molecular complexity index is 3710. The maximum atomic E-state index is 14.4. The van der Waals surface area contributed by atoms with Gasteiger partial charge in [-0.15, -0.1) is 16.6 Å². The molecule has 12 rings (SSSR count). The number of benzene rings is 7. The van der Waals surface area contributed by atoms with E-state index < -0.39 is 19.2 Å². The first kappa shape index (κ1) is 49.3. The van der Waals surface area contributed by atoms with Crippen LogP contribution in [0, 0.1) is 17.9 Å². The number of fused-ring (bicyclic) bond motifs is 8. The molecule has 7 aromatic carbocycles. The summed E-state index contributed by atoms with van der Waals surface area (Å²) in [5, 5.41) is 10.5. The molecule has 0 radical (unpaired) electrons. The molecule has 0 saturated carbocycles. The Kier molecular flexibility index (Phi) is 13.8. The van der Waals surface area contributed by atoms with Gasteiger partial charge in [0.25, 0.3) is 0 Å². The van der Waals surface area contributed by atoms with Crippen molar-refractivity contribution in [3.05, 3.63) is 209 Å².